The third kappa shape index (κ3) is 4.50. The van der Waals surface area contributed by atoms with Gasteiger partial charge >= 0.3 is 0 Å². The maximum atomic E-state index is 10.2. The Morgan fingerprint density at radius 2 is 1.89 bits per heavy atom. The number of ether oxygens (including phenoxy) is 1. The summed E-state index contributed by atoms with van der Waals surface area (Å²) in [5.74, 6) is 0. The minimum atomic E-state index is -0.227. The van der Waals surface area contributed by atoms with E-state index in [9.17, 15) is 5.11 Å². The van der Waals surface area contributed by atoms with E-state index in [1.807, 2.05) is 0 Å². The first-order chi connectivity index (χ1) is 8.75. The van der Waals surface area contributed by atoms with Crippen molar-refractivity contribution >= 4 is 0 Å². The van der Waals surface area contributed by atoms with Gasteiger partial charge in [0, 0.05) is 32.2 Å². The maximum absolute atomic E-state index is 10.2. The number of morpholine rings is 1. The van der Waals surface area contributed by atoms with Crippen LogP contribution in [-0.2, 0) is 4.74 Å². The number of aliphatic hydroxyl groups excluding tert-OH is 1. The second-order valence-electron chi connectivity index (χ2n) is 5.80. The largest absolute Gasteiger partial charge is 0.390 e. The average molecular weight is 256 g/mol. The second kappa shape index (κ2) is 7.43. The van der Waals surface area contributed by atoms with Crippen molar-refractivity contribution in [2.24, 2.45) is 0 Å². The molecule has 1 N–H and O–H groups in total. The van der Waals surface area contributed by atoms with Crippen LogP contribution in [-0.4, -0.2) is 73.5 Å². The van der Waals surface area contributed by atoms with E-state index < -0.39 is 0 Å². The van der Waals surface area contributed by atoms with Crippen molar-refractivity contribution in [2.75, 3.05) is 46.4 Å². The van der Waals surface area contributed by atoms with E-state index >= 15 is 0 Å². The SMILES string of the molecule is CN(CC(O)CN1CCOCC1)C1CCCCC1. The van der Waals surface area contributed by atoms with Gasteiger partial charge in [-0.25, -0.2) is 0 Å². The van der Waals surface area contributed by atoms with Crippen molar-refractivity contribution in [3.63, 3.8) is 0 Å². The van der Waals surface area contributed by atoms with Gasteiger partial charge in [0.15, 0.2) is 0 Å². The fourth-order valence-electron chi connectivity index (χ4n) is 3.14. The summed E-state index contributed by atoms with van der Waals surface area (Å²) in [5, 5.41) is 10.2. The van der Waals surface area contributed by atoms with Crippen LogP contribution in [0.3, 0.4) is 0 Å². The Kier molecular flexibility index (Phi) is 5.89. The Hall–Kier alpha value is -0.160. The molecule has 4 heteroatoms. The topological polar surface area (TPSA) is 35.9 Å². The lowest BCUT2D eigenvalue weighted by molar-refractivity contribution is 0.00440. The molecular formula is C14H28N2O2. The van der Waals surface area contributed by atoms with E-state index in [0.29, 0.717) is 6.04 Å². The third-order valence-corrected chi connectivity index (χ3v) is 4.27. The molecule has 2 rings (SSSR count). The Morgan fingerprint density at radius 1 is 1.22 bits per heavy atom. The van der Waals surface area contributed by atoms with Gasteiger partial charge in [-0.05, 0) is 19.9 Å². The first kappa shape index (κ1) is 14.3. The van der Waals surface area contributed by atoms with E-state index in [-0.39, 0.29) is 6.10 Å². The molecule has 0 radical (unpaired) electrons. The quantitative estimate of drug-likeness (QED) is 0.794. The van der Waals surface area contributed by atoms with Crippen LogP contribution in [0.5, 0.6) is 0 Å². The zero-order valence-electron chi connectivity index (χ0n) is 11.7. The molecule has 2 aliphatic rings. The van der Waals surface area contributed by atoms with E-state index in [2.05, 4.69) is 16.8 Å². The molecule has 106 valence electrons. The average Bonchev–Trinajstić information content (AvgIpc) is 2.40. The molecule has 4 nitrogen and oxygen atoms in total. The van der Waals surface area contributed by atoms with E-state index in [1.54, 1.807) is 0 Å². The Balaban J connectivity index is 1.67. The molecular weight excluding hydrogens is 228 g/mol. The molecule has 0 spiro atoms. The molecule has 1 aliphatic heterocycles. The lowest BCUT2D eigenvalue weighted by Crippen LogP contribution is -2.46. The standard InChI is InChI=1S/C14H28N2O2/c1-15(13-5-3-2-4-6-13)11-14(17)12-16-7-9-18-10-8-16/h13-14,17H,2-12H2,1H3. The molecule has 2 fully saturated rings. The van der Waals surface area contributed by atoms with Crippen LogP contribution >= 0.6 is 0 Å². The molecule has 0 aromatic heterocycles. The van der Waals surface area contributed by atoms with Crippen molar-refractivity contribution in [1.29, 1.82) is 0 Å². The molecule has 1 unspecified atom stereocenters. The van der Waals surface area contributed by atoms with Crippen LogP contribution in [0.4, 0.5) is 0 Å². The summed E-state index contributed by atoms with van der Waals surface area (Å²) in [5.41, 5.74) is 0. The Morgan fingerprint density at radius 3 is 2.56 bits per heavy atom. The third-order valence-electron chi connectivity index (χ3n) is 4.27. The molecule has 1 saturated carbocycles. The highest BCUT2D eigenvalue weighted by Gasteiger charge is 2.21. The predicted molar refractivity (Wildman–Crippen MR) is 72.8 cm³/mol. The Labute approximate surface area is 111 Å². The van der Waals surface area contributed by atoms with Gasteiger partial charge in [0.05, 0.1) is 19.3 Å². The number of nitrogens with zero attached hydrogens (tertiary/aromatic N) is 2. The van der Waals surface area contributed by atoms with Crippen molar-refractivity contribution < 1.29 is 9.84 Å². The Bertz CT molecular complexity index is 226. The van der Waals surface area contributed by atoms with Gasteiger partial charge in [-0.15, -0.1) is 0 Å². The lowest BCUT2D eigenvalue weighted by Gasteiger charge is -2.34. The molecule has 0 aromatic carbocycles. The van der Waals surface area contributed by atoms with Gasteiger partial charge in [-0.2, -0.15) is 0 Å². The summed E-state index contributed by atoms with van der Waals surface area (Å²) < 4.78 is 5.32. The first-order valence-electron chi connectivity index (χ1n) is 7.44. The number of rotatable bonds is 5. The van der Waals surface area contributed by atoms with Crippen molar-refractivity contribution in [3.05, 3.63) is 0 Å². The van der Waals surface area contributed by atoms with E-state index in [4.69, 9.17) is 4.74 Å². The fraction of sp³-hybridized carbons (Fsp3) is 1.00. The number of likely N-dealkylation sites (N-methyl/N-ethyl adjacent to an activating group) is 1. The van der Waals surface area contributed by atoms with Gasteiger partial charge in [0.2, 0.25) is 0 Å². The predicted octanol–water partition coefficient (Wildman–Crippen LogP) is 0.944. The number of hydrogen-bond acceptors (Lipinski definition) is 4. The van der Waals surface area contributed by atoms with Crippen molar-refractivity contribution in [1.82, 2.24) is 9.80 Å². The molecule has 0 amide bonds. The molecule has 18 heavy (non-hydrogen) atoms. The summed E-state index contributed by atoms with van der Waals surface area (Å²) in [7, 11) is 2.17. The zero-order valence-corrected chi connectivity index (χ0v) is 11.7. The van der Waals surface area contributed by atoms with Crippen LogP contribution in [0.25, 0.3) is 0 Å². The smallest absolute Gasteiger partial charge is 0.0793 e. The summed E-state index contributed by atoms with van der Waals surface area (Å²) in [6.07, 6.45) is 6.49. The van der Waals surface area contributed by atoms with Gasteiger partial charge in [0.25, 0.3) is 0 Å². The number of aliphatic hydroxyl groups is 1. The summed E-state index contributed by atoms with van der Waals surface area (Å²) in [4.78, 5) is 4.67. The number of β-amino-alcohol motifs (C(OH)–C–C–N with tert-alkyl or cyclic N) is 1. The first-order valence-corrected chi connectivity index (χ1v) is 7.44. The zero-order chi connectivity index (χ0) is 12.8. The van der Waals surface area contributed by atoms with Crippen molar-refractivity contribution in [3.8, 4) is 0 Å². The normalized spacial score (nSPS) is 25.5. The molecule has 1 heterocycles. The molecule has 1 aliphatic carbocycles. The minimum absolute atomic E-state index is 0.227. The molecule has 1 saturated heterocycles. The summed E-state index contributed by atoms with van der Waals surface area (Å²) >= 11 is 0. The molecule has 0 bridgehead atoms. The second-order valence-corrected chi connectivity index (χ2v) is 5.80. The van der Waals surface area contributed by atoms with E-state index in [1.165, 1.54) is 32.1 Å². The van der Waals surface area contributed by atoms with E-state index in [0.717, 1.165) is 39.4 Å². The highest BCUT2D eigenvalue weighted by molar-refractivity contribution is 4.77. The molecule has 1 atom stereocenters. The maximum Gasteiger partial charge on any atom is 0.0793 e. The lowest BCUT2D eigenvalue weighted by atomic mass is 9.94. The minimum Gasteiger partial charge on any atom is -0.390 e. The summed E-state index contributed by atoms with van der Waals surface area (Å²) in [6.45, 7) is 5.15. The van der Waals surface area contributed by atoms with Crippen LogP contribution in [0.1, 0.15) is 32.1 Å². The monoisotopic (exact) mass is 256 g/mol. The molecule has 0 aromatic rings. The van der Waals surface area contributed by atoms with Gasteiger partial charge < -0.3 is 14.7 Å². The van der Waals surface area contributed by atoms with Gasteiger partial charge in [-0.3, -0.25) is 4.90 Å². The van der Waals surface area contributed by atoms with Crippen LogP contribution < -0.4 is 0 Å². The fourth-order valence-corrected chi connectivity index (χ4v) is 3.14. The van der Waals surface area contributed by atoms with Gasteiger partial charge in [0.1, 0.15) is 0 Å². The highest BCUT2D eigenvalue weighted by Crippen LogP contribution is 2.21. The van der Waals surface area contributed by atoms with Crippen LogP contribution in [0.2, 0.25) is 0 Å². The number of hydrogen-bond donors (Lipinski definition) is 1. The van der Waals surface area contributed by atoms with Crippen LogP contribution in [0.15, 0.2) is 0 Å². The van der Waals surface area contributed by atoms with Crippen LogP contribution in [0, 0.1) is 0 Å². The van der Waals surface area contributed by atoms with Gasteiger partial charge in [-0.1, -0.05) is 19.3 Å². The van der Waals surface area contributed by atoms with Crippen molar-refractivity contribution in [2.45, 2.75) is 44.2 Å². The summed E-state index contributed by atoms with van der Waals surface area (Å²) in [6, 6.07) is 0.693. The highest BCUT2D eigenvalue weighted by atomic mass is 16.5.